The summed E-state index contributed by atoms with van der Waals surface area (Å²) in [4.78, 5) is 2.54. The molecule has 1 fully saturated rings. The summed E-state index contributed by atoms with van der Waals surface area (Å²) in [5.41, 5.74) is 0. The molecule has 1 atom stereocenters. The summed E-state index contributed by atoms with van der Waals surface area (Å²) in [6.45, 7) is 5.33. The minimum atomic E-state index is -0.218. The van der Waals surface area contributed by atoms with Crippen LogP contribution in [0.2, 0.25) is 0 Å². The molecule has 3 heteroatoms. The topological polar surface area (TPSA) is 12.5 Å². The van der Waals surface area contributed by atoms with E-state index in [9.17, 15) is 4.39 Å². The Morgan fingerprint density at radius 2 is 2.06 bits per heavy atom. The van der Waals surface area contributed by atoms with E-state index in [0.29, 0.717) is 12.6 Å². The molecule has 2 rings (SSSR count). The van der Waals surface area contributed by atoms with Gasteiger partial charge in [0.05, 0.1) is 6.61 Å². The van der Waals surface area contributed by atoms with Crippen molar-refractivity contribution < 1.29 is 9.13 Å². The van der Waals surface area contributed by atoms with Crippen molar-refractivity contribution in [1.82, 2.24) is 4.90 Å². The first-order chi connectivity index (χ1) is 8.75. The van der Waals surface area contributed by atoms with Crippen LogP contribution < -0.4 is 4.74 Å². The van der Waals surface area contributed by atoms with E-state index in [1.165, 1.54) is 37.9 Å². The highest BCUT2D eigenvalue weighted by Gasteiger charge is 2.17. The Hall–Kier alpha value is -1.09. The van der Waals surface area contributed by atoms with Gasteiger partial charge < -0.3 is 9.64 Å². The molecule has 100 valence electrons. The summed E-state index contributed by atoms with van der Waals surface area (Å²) < 4.78 is 18.3. The van der Waals surface area contributed by atoms with Gasteiger partial charge in [0, 0.05) is 12.6 Å². The lowest BCUT2D eigenvalue weighted by atomic mass is 10.0. The molecule has 0 saturated carbocycles. The fraction of sp³-hybridized carbons (Fsp3) is 0.600. The molecule has 1 aromatic rings. The zero-order valence-corrected chi connectivity index (χ0v) is 11.1. The SMILES string of the molecule is CC1CCCCN1CCCOc1ccc(F)cc1. The summed E-state index contributed by atoms with van der Waals surface area (Å²) in [6.07, 6.45) is 5.04. The van der Waals surface area contributed by atoms with Crippen molar-refractivity contribution in [2.24, 2.45) is 0 Å². The molecule has 0 bridgehead atoms. The first kappa shape index (κ1) is 13.3. The molecule has 0 aromatic heterocycles. The second-order valence-electron chi connectivity index (χ2n) is 5.04. The van der Waals surface area contributed by atoms with Crippen LogP contribution in [0.15, 0.2) is 24.3 Å². The molecule has 0 radical (unpaired) electrons. The minimum Gasteiger partial charge on any atom is -0.494 e. The summed E-state index contributed by atoms with van der Waals surface area (Å²) >= 11 is 0. The minimum absolute atomic E-state index is 0.218. The van der Waals surface area contributed by atoms with Crippen molar-refractivity contribution in [1.29, 1.82) is 0 Å². The molecule has 0 N–H and O–H groups in total. The van der Waals surface area contributed by atoms with Crippen molar-refractivity contribution in [3.63, 3.8) is 0 Å². The Labute approximate surface area is 109 Å². The lowest BCUT2D eigenvalue weighted by molar-refractivity contribution is 0.148. The summed E-state index contributed by atoms with van der Waals surface area (Å²) in [5.74, 6) is 0.535. The van der Waals surface area contributed by atoms with Crippen molar-refractivity contribution >= 4 is 0 Å². The van der Waals surface area contributed by atoms with Crippen molar-refractivity contribution in [3.8, 4) is 5.75 Å². The highest BCUT2D eigenvalue weighted by Crippen LogP contribution is 2.16. The van der Waals surface area contributed by atoms with Crippen molar-refractivity contribution in [2.75, 3.05) is 19.7 Å². The van der Waals surface area contributed by atoms with E-state index >= 15 is 0 Å². The standard InChI is InChI=1S/C15H22FNO/c1-13-5-2-3-10-17(13)11-4-12-18-15-8-6-14(16)7-9-15/h6-9,13H,2-5,10-12H2,1H3. The van der Waals surface area contributed by atoms with Gasteiger partial charge in [-0.1, -0.05) is 6.42 Å². The lowest BCUT2D eigenvalue weighted by Crippen LogP contribution is -2.38. The molecule has 1 heterocycles. The number of likely N-dealkylation sites (tertiary alicyclic amines) is 1. The number of halogens is 1. The van der Waals surface area contributed by atoms with Gasteiger partial charge in [0.25, 0.3) is 0 Å². The van der Waals surface area contributed by atoms with Crippen LogP contribution in [0.3, 0.4) is 0 Å². The number of hydrogen-bond acceptors (Lipinski definition) is 2. The van der Waals surface area contributed by atoms with Crippen LogP contribution in [0.25, 0.3) is 0 Å². The van der Waals surface area contributed by atoms with Gasteiger partial charge in [-0.3, -0.25) is 0 Å². The highest BCUT2D eigenvalue weighted by atomic mass is 19.1. The van der Waals surface area contributed by atoms with E-state index in [4.69, 9.17) is 4.74 Å². The van der Waals surface area contributed by atoms with Crippen LogP contribution in [0, 0.1) is 5.82 Å². The number of ether oxygens (including phenoxy) is 1. The van der Waals surface area contributed by atoms with Crippen LogP contribution in [0.5, 0.6) is 5.75 Å². The van der Waals surface area contributed by atoms with Gasteiger partial charge in [-0.2, -0.15) is 0 Å². The van der Waals surface area contributed by atoms with Gasteiger partial charge in [-0.25, -0.2) is 4.39 Å². The number of nitrogens with zero attached hydrogens (tertiary/aromatic N) is 1. The zero-order valence-electron chi connectivity index (χ0n) is 11.1. The van der Waals surface area contributed by atoms with Crippen LogP contribution in [0.4, 0.5) is 4.39 Å². The molecule has 1 unspecified atom stereocenters. The molecular weight excluding hydrogens is 229 g/mol. The maximum absolute atomic E-state index is 12.7. The van der Waals surface area contributed by atoms with Crippen LogP contribution in [-0.2, 0) is 0 Å². The maximum Gasteiger partial charge on any atom is 0.123 e. The van der Waals surface area contributed by atoms with Crippen molar-refractivity contribution in [3.05, 3.63) is 30.1 Å². The largest absolute Gasteiger partial charge is 0.494 e. The third-order valence-electron chi connectivity index (χ3n) is 3.61. The Kier molecular flexibility index (Phi) is 5.00. The molecule has 0 spiro atoms. The zero-order chi connectivity index (χ0) is 12.8. The molecule has 1 aliphatic heterocycles. The summed E-state index contributed by atoms with van der Waals surface area (Å²) in [7, 11) is 0. The smallest absolute Gasteiger partial charge is 0.123 e. The number of piperidine rings is 1. The molecule has 18 heavy (non-hydrogen) atoms. The fourth-order valence-corrected chi connectivity index (χ4v) is 2.48. The predicted octanol–water partition coefficient (Wildman–Crippen LogP) is 3.47. The normalized spacial score (nSPS) is 20.9. The van der Waals surface area contributed by atoms with Gasteiger partial charge >= 0.3 is 0 Å². The van der Waals surface area contributed by atoms with Crippen LogP contribution in [0.1, 0.15) is 32.6 Å². The van der Waals surface area contributed by atoms with Crippen LogP contribution >= 0.6 is 0 Å². The molecule has 1 saturated heterocycles. The Balaban J connectivity index is 1.65. The fourth-order valence-electron chi connectivity index (χ4n) is 2.48. The van der Waals surface area contributed by atoms with E-state index in [1.54, 1.807) is 12.1 Å². The van der Waals surface area contributed by atoms with Crippen molar-refractivity contribution in [2.45, 2.75) is 38.6 Å². The van der Waals surface area contributed by atoms with E-state index in [0.717, 1.165) is 18.7 Å². The van der Waals surface area contributed by atoms with Gasteiger partial charge in [0.2, 0.25) is 0 Å². The van der Waals surface area contributed by atoms with Gasteiger partial charge in [0.1, 0.15) is 11.6 Å². The molecule has 0 aliphatic carbocycles. The number of hydrogen-bond donors (Lipinski definition) is 0. The van der Waals surface area contributed by atoms with Gasteiger partial charge in [-0.15, -0.1) is 0 Å². The van der Waals surface area contributed by atoms with E-state index in [2.05, 4.69) is 11.8 Å². The third-order valence-corrected chi connectivity index (χ3v) is 3.61. The lowest BCUT2D eigenvalue weighted by Gasteiger charge is -2.33. The molecule has 0 amide bonds. The van der Waals surface area contributed by atoms with E-state index in [-0.39, 0.29) is 5.82 Å². The Morgan fingerprint density at radius 3 is 2.78 bits per heavy atom. The second kappa shape index (κ2) is 6.74. The van der Waals surface area contributed by atoms with E-state index < -0.39 is 0 Å². The summed E-state index contributed by atoms with van der Waals surface area (Å²) in [5, 5.41) is 0. The predicted molar refractivity (Wildman–Crippen MR) is 71.4 cm³/mol. The average Bonchev–Trinajstić information content (AvgIpc) is 2.39. The van der Waals surface area contributed by atoms with Gasteiger partial charge in [0.15, 0.2) is 0 Å². The monoisotopic (exact) mass is 251 g/mol. The van der Waals surface area contributed by atoms with Crippen LogP contribution in [-0.4, -0.2) is 30.6 Å². The molecule has 1 aromatic carbocycles. The molecular formula is C15H22FNO. The second-order valence-corrected chi connectivity index (χ2v) is 5.04. The average molecular weight is 251 g/mol. The van der Waals surface area contributed by atoms with Gasteiger partial charge in [-0.05, 0) is 57.0 Å². The third kappa shape index (κ3) is 3.98. The number of rotatable bonds is 5. The highest BCUT2D eigenvalue weighted by molar-refractivity contribution is 5.21. The summed E-state index contributed by atoms with van der Waals surface area (Å²) in [6, 6.07) is 6.94. The Morgan fingerprint density at radius 1 is 1.28 bits per heavy atom. The molecule has 1 aliphatic rings. The Bertz CT molecular complexity index is 352. The maximum atomic E-state index is 12.7. The molecule has 2 nitrogen and oxygen atoms in total. The quantitative estimate of drug-likeness (QED) is 0.743. The number of benzene rings is 1. The first-order valence-corrected chi connectivity index (χ1v) is 6.88. The van der Waals surface area contributed by atoms with E-state index in [1.807, 2.05) is 0 Å². The first-order valence-electron chi connectivity index (χ1n) is 6.88.